The first kappa shape index (κ1) is 16.0. The van der Waals surface area contributed by atoms with Gasteiger partial charge in [-0.3, -0.25) is 9.59 Å². The predicted octanol–water partition coefficient (Wildman–Crippen LogP) is 1.60. The summed E-state index contributed by atoms with van der Waals surface area (Å²) in [4.78, 5) is 25.4. The second-order valence-corrected chi connectivity index (χ2v) is 4.85. The molecular weight excluding hydrogens is 246 g/mol. The minimum atomic E-state index is -0.236. The molecule has 1 fully saturated rings. The van der Waals surface area contributed by atoms with Crippen LogP contribution in [0.4, 0.5) is 0 Å². The summed E-state index contributed by atoms with van der Waals surface area (Å²) in [6.45, 7) is 3.92. The molecule has 0 saturated heterocycles. The van der Waals surface area contributed by atoms with Gasteiger partial charge in [0.2, 0.25) is 5.91 Å². The molecule has 0 aromatic rings. The number of ether oxygens (including phenoxy) is 2. The van der Waals surface area contributed by atoms with Crippen molar-refractivity contribution in [3.05, 3.63) is 0 Å². The van der Waals surface area contributed by atoms with Gasteiger partial charge in [0.05, 0.1) is 13.0 Å². The van der Waals surface area contributed by atoms with Gasteiger partial charge in [0.15, 0.2) is 0 Å². The highest BCUT2D eigenvalue weighted by Crippen LogP contribution is 2.28. The van der Waals surface area contributed by atoms with Gasteiger partial charge in [-0.15, -0.1) is 0 Å². The van der Waals surface area contributed by atoms with Gasteiger partial charge in [0, 0.05) is 32.7 Å². The summed E-state index contributed by atoms with van der Waals surface area (Å²) < 4.78 is 9.90. The lowest BCUT2D eigenvalue weighted by Gasteiger charge is -2.31. The first-order valence-corrected chi connectivity index (χ1v) is 7.12. The fraction of sp³-hybridized carbons (Fsp3) is 0.857. The Balaban J connectivity index is 2.38. The molecule has 5 nitrogen and oxygen atoms in total. The van der Waals surface area contributed by atoms with Crippen LogP contribution in [-0.2, 0) is 19.1 Å². The van der Waals surface area contributed by atoms with Gasteiger partial charge in [0.25, 0.3) is 0 Å². The Hall–Kier alpha value is -1.10. The molecule has 1 aliphatic rings. The van der Waals surface area contributed by atoms with Crippen molar-refractivity contribution in [1.29, 1.82) is 0 Å². The summed E-state index contributed by atoms with van der Waals surface area (Å²) in [5.74, 6) is 0.122. The maximum Gasteiger partial charge on any atom is 0.307 e. The summed E-state index contributed by atoms with van der Waals surface area (Å²) in [6, 6.07) is 0. The van der Waals surface area contributed by atoms with Gasteiger partial charge in [-0.25, -0.2) is 0 Å². The van der Waals surface area contributed by atoms with E-state index in [1.165, 1.54) is 0 Å². The van der Waals surface area contributed by atoms with Crippen LogP contribution < -0.4 is 0 Å². The summed E-state index contributed by atoms with van der Waals surface area (Å²) in [6.07, 6.45) is 4.19. The van der Waals surface area contributed by atoms with Crippen LogP contribution in [0.1, 0.15) is 39.0 Å². The molecule has 0 bridgehead atoms. The Morgan fingerprint density at radius 1 is 1.26 bits per heavy atom. The Labute approximate surface area is 115 Å². The molecule has 0 radical (unpaired) electrons. The van der Waals surface area contributed by atoms with Crippen LogP contribution in [0.25, 0.3) is 0 Å². The molecule has 0 spiro atoms. The third-order valence-corrected chi connectivity index (χ3v) is 3.43. The molecule has 1 saturated carbocycles. The number of nitrogens with zero attached hydrogens (tertiary/aromatic N) is 1. The fourth-order valence-corrected chi connectivity index (χ4v) is 2.10. The highest BCUT2D eigenvalue weighted by Gasteiger charge is 2.29. The van der Waals surface area contributed by atoms with E-state index in [-0.39, 0.29) is 24.2 Å². The lowest BCUT2D eigenvalue weighted by atomic mass is 9.84. The number of rotatable bonds is 9. The number of hydrogen-bond acceptors (Lipinski definition) is 4. The summed E-state index contributed by atoms with van der Waals surface area (Å²) in [5, 5.41) is 0. The van der Waals surface area contributed by atoms with Gasteiger partial charge in [-0.1, -0.05) is 6.42 Å². The number of carbonyl (C=O) groups is 2. The molecule has 0 N–H and O–H groups in total. The van der Waals surface area contributed by atoms with Crippen LogP contribution in [0.15, 0.2) is 0 Å². The van der Waals surface area contributed by atoms with Crippen molar-refractivity contribution in [1.82, 2.24) is 4.90 Å². The number of amides is 1. The van der Waals surface area contributed by atoms with Crippen molar-refractivity contribution in [3.8, 4) is 0 Å². The highest BCUT2D eigenvalue weighted by atomic mass is 16.5. The van der Waals surface area contributed by atoms with Crippen molar-refractivity contribution in [3.63, 3.8) is 0 Å². The smallest absolute Gasteiger partial charge is 0.307 e. The molecule has 0 unspecified atom stereocenters. The SMILES string of the molecule is CCOC(=O)CCN(CCCOC)C(=O)C1CCC1. The van der Waals surface area contributed by atoms with Crippen LogP contribution in [0.2, 0.25) is 0 Å². The zero-order chi connectivity index (χ0) is 14.1. The van der Waals surface area contributed by atoms with E-state index in [0.717, 1.165) is 25.7 Å². The lowest BCUT2D eigenvalue weighted by Crippen LogP contribution is -2.41. The van der Waals surface area contributed by atoms with E-state index in [9.17, 15) is 9.59 Å². The van der Waals surface area contributed by atoms with Gasteiger partial charge >= 0.3 is 5.97 Å². The fourth-order valence-electron chi connectivity index (χ4n) is 2.10. The zero-order valence-corrected chi connectivity index (χ0v) is 12.0. The van der Waals surface area contributed by atoms with E-state index in [4.69, 9.17) is 9.47 Å². The molecule has 1 rings (SSSR count). The van der Waals surface area contributed by atoms with Gasteiger partial charge in [-0.05, 0) is 26.2 Å². The van der Waals surface area contributed by atoms with E-state index in [0.29, 0.717) is 26.3 Å². The molecule has 5 heteroatoms. The third-order valence-electron chi connectivity index (χ3n) is 3.43. The Kier molecular flexibility index (Phi) is 7.48. The van der Waals surface area contributed by atoms with Crippen molar-refractivity contribution in [2.45, 2.75) is 39.0 Å². The largest absolute Gasteiger partial charge is 0.466 e. The first-order valence-electron chi connectivity index (χ1n) is 7.12. The van der Waals surface area contributed by atoms with E-state index in [1.54, 1.807) is 18.9 Å². The number of hydrogen-bond donors (Lipinski definition) is 0. The van der Waals surface area contributed by atoms with Crippen LogP contribution in [0, 0.1) is 5.92 Å². The van der Waals surface area contributed by atoms with Crippen LogP contribution in [0.5, 0.6) is 0 Å². The second kappa shape index (κ2) is 8.91. The molecule has 0 aromatic carbocycles. The Bertz CT molecular complexity index is 289. The van der Waals surface area contributed by atoms with E-state index in [1.807, 2.05) is 0 Å². The first-order chi connectivity index (χ1) is 9.19. The van der Waals surface area contributed by atoms with Crippen LogP contribution >= 0.6 is 0 Å². The summed E-state index contributed by atoms with van der Waals surface area (Å²) >= 11 is 0. The quantitative estimate of drug-likeness (QED) is 0.472. The van der Waals surface area contributed by atoms with Crippen molar-refractivity contribution < 1.29 is 19.1 Å². The molecule has 0 atom stereocenters. The van der Waals surface area contributed by atoms with Gasteiger partial charge in [0.1, 0.15) is 0 Å². The van der Waals surface area contributed by atoms with E-state index < -0.39 is 0 Å². The zero-order valence-electron chi connectivity index (χ0n) is 12.0. The van der Waals surface area contributed by atoms with E-state index in [2.05, 4.69) is 0 Å². The van der Waals surface area contributed by atoms with Crippen LogP contribution in [0.3, 0.4) is 0 Å². The third kappa shape index (κ3) is 5.59. The average Bonchev–Trinajstić information content (AvgIpc) is 2.31. The summed E-state index contributed by atoms with van der Waals surface area (Å²) in [7, 11) is 1.65. The minimum Gasteiger partial charge on any atom is -0.466 e. The van der Waals surface area contributed by atoms with E-state index >= 15 is 0 Å². The molecule has 1 aliphatic carbocycles. The molecular formula is C14H25NO4. The maximum atomic E-state index is 12.2. The number of methoxy groups -OCH3 is 1. The molecule has 19 heavy (non-hydrogen) atoms. The monoisotopic (exact) mass is 271 g/mol. The Morgan fingerprint density at radius 2 is 2.00 bits per heavy atom. The number of esters is 1. The van der Waals surface area contributed by atoms with Crippen molar-refractivity contribution >= 4 is 11.9 Å². The van der Waals surface area contributed by atoms with Crippen LogP contribution in [-0.4, -0.2) is 50.2 Å². The minimum absolute atomic E-state index is 0.171. The lowest BCUT2D eigenvalue weighted by molar-refractivity contribution is -0.145. The highest BCUT2D eigenvalue weighted by molar-refractivity contribution is 5.80. The van der Waals surface area contributed by atoms with Crippen molar-refractivity contribution in [2.75, 3.05) is 33.4 Å². The van der Waals surface area contributed by atoms with Crippen molar-refractivity contribution in [2.24, 2.45) is 5.92 Å². The number of carbonyl (C=O) groups excluding carboxylic acids is 2. The molecule has 1 amide bonds. The average molecular weight is 271 g/mol. The summed E-state index contributed by atoms with van der Waals surface area (Å²) in [5.41, 5.74) is 0. The topological polar surface area (TPSA) is 55.8 Å². The molecule has 0 heterocycles. The maximum absolute atomic E-state index is 12.2. The molecule has 0 aliphatic heterocycles. The van der Waals surface area contributed by atoms with Gasteiger partial charge < -0.3 is 14.4 Å². The molecule has 0 aromatic heterocycles. The molecule has 110 valence electrons. The standard InChI is InChI=1S/C14H25NO4/c1-3-19-13(16)8-10-15(9-5-11-18-2)14(17)12-6-4-7-12/h12H,3-11H2,1-2H3. The van der Waals surface area contributed by atoms with Gasteiger partial charge in [-0.2, -0.15) is 0 Å². The second-order valence-electron chi connectivity index (χ2n) is 4.85. The normalized spacial score (nSPS) is 14.8. The predicted molar refractivity (Wildman–Crippen MR) is 71.7 cm³/mol. The Morgan fingerprint density at radius 3 is 2.53 bits per heavy atom.